The van der Waals surface area contributed by atoms with Crippen LogP contribution in [-0.2, 0) is 0 Å². The van der Waals surface area contributed by atoms with Crippen molar-refractivity contribution in [2.24, 2.45) is 0 Å². The second-order valence-electron chi connectivity index (χ2n) is 3.74. The standard InChI is InChI=1S/C8H16F3I/c1-6(8(9,10)11)12(5)7(2,3)4/h6H,1-5H3. The molecule has 0 aromatic carbocycles. The van der Waals surface area contributed by atoms with E-state index in [-0.39, 0.29) is 3.42 Å². The third-order valence-electron chi connectivity index (χ3n) is 1.84. The quantitative estimate of drug-likeness (QED) is 0.509. The summed E-state index contributed by atoms with van der Waals surface area (Å²) in [5, 5.41) is 0. The van der Waals surface area contributed by atoms with Gasteiger partial charge in [-0.2, -0.15) is 0 Å². The van der Waals surface area contributed by atoms with Gasteiger partial charge in [0.05, 0.1) is 0 Å². The molecular weight excluding hydrogens is 280 g/mol. The summed E-state index contributed by atoms with van der Waals surface area (Å²) in [7, 11) is 0. The topological polar surface area (TPSA) is 0 Å². The van der Waals surface area contributed by atoms with Crippen molar-refractivity contribution >= 4 is 19.8 Å². The van der Waals surface area contributed by atoms with Gasteiger partial charge in [0, 0.05) is 0 Å². The second kappa shape index (κ2) is 3.72. The van der Waals surface area contributed by atoms with E-state index >= 15 is 0 Å². The predicted molar refractivity (Wildman–Crippen MR) is 55.2 cm³/mol. The monoisotopic (exact) mass is 296 g/mol. The van der Waals surface area contributed by atoms with Gasteiger partial charge >= 0.3 is 79.1 Å². The average molecular weight is 296 g/mol. The SMILES string of the molecule is CC(I(C)C(C)(C)C)C(F)(F)F. The first-order valence-electron chi connectivity index (χ1n) is 3.72. The van der Waals surface area contributed by atoms with Crippen LogP contribution in [0.1, 0.15) is 27.7 Å². The Balaban J connectivity index is 4.41. The number of hydrogen-bond donors (Lipinski definition) is 0. The van der Waals surface area contributed by atoms with E-state index in [1.54, 1.807) is 0 Å². The Kier molecular flexibility index (Phi) is 3.88. The molecule has 0 radical (unpaired) electrons. The van der Waals surface area contributed by atoms with Gasteiger partial charge in [0.1, 0.15) is 0 Å². The van der Waals surface area contributed by atoms with Gasteiger partial charge in [-0.15, -0.1) is 0 Å². The molecule has 0 saturated carbocycles. The number of hydrogen-bond acceptors (Lipinski definition) is 0. The summed E-state index contributed by atoms with van der Waals surface area (Å²) in [5.74, 6) is 0. The molecule has 0 saturated heterocycles. The Morgan fingerprint density at radius 2 is 1.42 bits per heavy atom. The Bertz CT molecular complexity index is 127. The summed E-state index contributed by atoms with van der Waals surface area (Å²) >= 11 is -1.91. The van der Waals surface area contributed by atoms with E-state index in [2.05, 4.69) is 0 Å². The minimum atomic E-state index is -3.99. The molecule has 0 amide bonds. The van der Waals surface area contributed by atoms with E-state index in [4.69, 9.17) is 0 Å². The first-order chi connectivity index (χ1) is 5.07. The minimum absolute atomic E-state index is 0.126. The maximum atomic E-state index is 12.3. The normalized spacial score (nSPS) is 17.5. The third-order valence-corrected chi connectivity index (χ3v) is 10.4. The van der Waals surface area contributed by atoms with Crippen molar-refractivity contribution in [2.45, 2.75) is 41.2 Å². The number of alkyl halides is 6. The Labute approximate surface area is 79.3 Å². The van der Waals surface area contributed by atoms with Gasteiger partial charge in [0.25, 0.3) is 0 Å². The van der Waals surface area contributed by atoms with Gasteiger partial charge in [0.2, 0.25) is 0 Å². The molecule has 0 aliphatic carbocycles. The summed E-state index contributed by atoms with van der Waals surface area (Å²) < 4.78 is 35.6. The third kappa shape index (κ3) is 3.49. The summed E-state index contributed by atoms with van der Waals surface area (Å²) in [5.41, 5.74) is 0. The van der Waals surface area contributed by atoms with Crippen LogP contribution in [0.3, 0.4) is 0 Å². The number of halogens is 4. The van der Waals surface area contributed by atoms with E-state index in [1.165, 1.54) is 6.92 Å². The first-order valence-corrected chi connectivity index (χ1v) is 8.20. The zero-order valence-corrected chi connectivity index (χ0v) is 10.2. The van der Waals surface area contributed by atoms with Crippen LogP contribution in [-0.4, -0.2) is 18.5 Å². The van der Waals surface area contributed by atoms with Gasteiger partial charge in [-0.1, -0.05) is 0 Å². The molecule has 0 heterocycles. The van der Waals surface area contributed by atoms with E-state index in [0.29, 0.717) is 0 Å². The molecule has 4 heteroatoms. The molecule has 76 valence electrons. The first kappa shape index (κ1) is 12.5. The van der Waals surface area contributed by atoms with Crippen LogP contribution >= 0.6 is 19.8 Å². The van der Waals surface area contributed by atoms with E-state index < -0.39 is 29.9 Å². The Morgan fingerprint density at radius 1 is 1.08 bits per heavy atom. The zero-order valence-electron chi connectivity index (χ0n) is 8.09. The second-order valence-corrected chi connectivity index (χ2v) is 11.8. The maximum absolute atomic E-state index is 12.3. The molecule has 1 atom stereocenters. The fourth-order valence-corrected chi connectivity index (χ4v) is 4.54. The van der Waals surface area contributed by atoms with Gasteiger partial charge in [-0.05, 0) is 0 Å². The molecule has 0 aromatic rings. The van der Waals surface area contributed by atoms with Crippen molar-refractivity contribution in [3.8, 4) is 0 Å². The summed E-state index contributed by atoms with van der Waals surface area (Å²) in [6.07, 6.45) is -3.99. The molecule has 0 rings (SSSR count). The molecule has 0 fully saturated rings. The van der Waals surface area contributed by atoms with Crippen LogP contribution in [0, 0.1) is 0 Å². The van der Waals surface area contributed by atoms with Gasteiger partial charge in [0.15, 0.2) is 0 Å². The molecule has 0 aromatic heterocycles. The van der Waals surface area contributed by atoms with E-state index in [9.17, 15) is 13.2 Å². The molecule has 0 bridgehead atoms. The van der Waals surface area contributed by atoms with Crippen LogP contribution in [0.5, 0.6) is 0 Å². The summed E-state index contributed by atoms with van der Waals surface area (Å²) in [4.78, 5) is 1.81. The summed E-state index contributed by atoms with van der Waals surface area (Å²) in [6.45, 7) is 7.02. The molecular formula is C8H16F3I. The van der Waals surface area contributed by atoms with Crippen LogP contribution in [0.4, 0.5) is 13.2 Å². The fourth-order valence-electron chi connectivity index (χ4n) is 0.677. The Morgan fingerprint density at radius 3 is 1.50 bits per heavy atom. The summed E-state index contributed by atoms with van der Waals surface area (Å²) in [6, 6.07) is 0. The zero-order chi connectivity index (χ0) is 10.2. The van der Waals surface area contributed by atoms with Crippen molar-refractivity contribution in [2.75, 3.05) is 4.93 Å². The fraction of sp³-hybridized carbons (Fsp3) is 1.00. The molecule has 0 N–H and O–H groups in total. The predicted octanol–water partition coefficient (Wildman–Crippen LogP) is 3.87. The van der Waals surface area contributed by atoms with Gasteiger partial charge in [-0.3, -0.25) is 0 Å². The molecule has 1 unspecified atom stereocenters. The van der Waals surface area contributed by atoms with Crippen LogP contribution in [0.2, 0.25) is 0 Å². The average Bonchev–Trinajstić information content (AvgIpc) is 1.80. The molecule has 0 spiro atoms. The van der Waals surface area contributed by atoms with Crippen molar-refractivity contribution in [1.29, 1.82) is 0 Å². The molecule has 0 aliphatic rings. The van der Waals surface area contributed by atoms with Crippen LogP contribution in [0.15, 0.2) is 0 Å². The van der Waals surface area contributed by atoms with Gasteiger partial charge < -0.3 is 0 Å². The van der Waals surface area contributed by atoms with Crippen molar-refractivity contribution in [1.82, 2.24) is 0 Å². The van der Waals surface area contributed by atoms with Crippen LogP contribution < -0.4 is 0 Å². The molecule has 0 aliphatic heterocycles. The van der Waals surface area contributed by atoms with Crippen molar-refractivity contribution in [3.63, 3.8) is 0 Å². The van der Waals surface area contributed by atoms with Crippen molar-refractivity contribution < 1.29 is 13.2 Å². The molecule has 12 heavy (non-hydrogen) atoms. The van der Waals surface area contributed by atoms with E-state index in [0.717, 1.165) is 0 Å². The van der Waals surface area contributed by atoms with Gasteiger partial charge in [-0.25, -0.2) is 0 Å². The van der Waals surface area contributed by atoms with E-state index in [1.807, 2.05) is 25.7 Å². The Hall–Kier alpha value is 0.520. The molecule has 0 nitrogen and oxygen atoms in total. The van der Waals surface area contributed by atoms with Crippen molar-refractivity contribution in [3.05, 3.63) is 0 Å². The number of rotatable bonds is 1. The van der Waals surface area contributed by atoms with Crippen LogP contribution in [0.25, 0.3) is 0 Å².